The zero-order valence-corrected chi connectivity index (χ0v) is 13.2. The van der Waals surface area contributed by atoms with Crippen LogP contribution in [0.1, 0.15) is 22.1 Å². The molecule has 0 atom stereocenters. The molecule has 24 heavy (non-hydrogen) atoms. The van der Waals surface area contributed by atoms with Gasteiger partial charge in [0.1, 0.15) is 22.8 Å². The molecule has 4 rings (SSSR count). The van der Waals surface area contributed by atoms with Crippen molar-refractivity contribution in [2.75, 3.05) is 7.11 Å². The molecule has 0 amide bonds. The first-order valence-corrected chi connectivity index (χ1v) is 7.20. The third-order valence-electron chi connectivity index (χ3n) is 3.84. The van der Waals surface area contributed by atoms with Gasteiger partial charge >= 0.3 is 5.97 Å². The minimum atomic E-state index is -1.19. The van der Waals surface area contributed by atoms with Crippen LogP contribution in [0.5, 0.6) is 5.75 Å². The van der Waals surface area contributed by atoms with Gasteiger partial charge in [-0.25, -0.2) is 4.79 Å². The lowest BCUT2D eigenvalue weighted by Crippen LogP contribution is -1.91. The SMILES string of the molecule is COc1c2cc(C)oc2c(-c2cc(C(=O)O)on2)c2cc(C)oc12. The molecular weight excluding hydrogens is 314 g/mol. The first-order chi connectivity index (χ1) is 11.5. The summed E-state index contributed by atoms with van der Waals surface area (Å²) in [6, 6.07) is 5.04. The van der Waals surface area contributed by atoms with Gasteiger partial charge in [0, 0.05) is 11.5 Å². The van der Waals surface area contributed by atoms with Gasteiger partial charge in [-0.1, -0.05) is 5.16 Å². The van der Waals surface area contributed by atoms with E-state index in [1.807, 2.05) is 26.0 Å². The molecule has 0 radical (unpaired) electrons. The number of carbonyl (C=O) groups is 1. The molecule has 7 heteroatoms. The lowest BCUT2D eigenvalue weighted by molar-refractivity contribution is 0.0652. The van der Waals surface area contributed by atoms with Crippen molar-refractivity contribution in [2.45, 2.75) is 13.8 Å². The summed E-state index contributed by atoms with van der Waals surface area (Å²) >= 11 is 0. The van der Waals surface area contributed by atoms with Crippen LogP contribution in [-0.4, -0.2) is 23.3 Å². The molecule has 0 bridgehead atoms. The van der Waals surface area contributed by atoms with Gasteiger partial charge < -0.3 is 23.2 Å². The number of rotatable bonds is 3. The fraction of sp³-hybridized carbons (Fsp3) is 0.176. The van der Waals surface area contributed by atoms with Crippen molar-refractivity contribution in [1.82, 2.24) is 5.16 Å². The fourth-order valence-electron chi connectivity index (χ4n) is 2.93. The van der Waals surface area contributed by atoms with E-state index in [0.29, 0.717) is 39.7 Å². The van der Waals surface area contributed by atoms with Crippen LogP contribution in [0.3, 0.4) is 0 Å². The van der Waals surface area contributed by atoms with Crippen LogP contribution in [-0.2, 0) is 0 Å². The summed E-state index contributed by atoms with van der Waals surface area (Å²) in [7, 11) is 1.56. The minimum absolute atomic E-state index is 0.245. The van der Waals surface area contributed by atoms with Gasteiger partial charge in [-0.3, -0.25) is 0 Å². The van der Waals surface area contributed by atoms with Crippen molar-refractivity contribution in [3.05, 3.63) is 35.5 Å². The van der Waals surface area contributed by atoms with Crippen LogP contribution in [0.4, 0.5) is 0 Å². The molecule has 1 N–H and O–H groups in total. The van der Waals surface area contributed by atoms with Crippen molar-refractivity contribution in [3.8, 4) is 17.0 Å². The predicted molar refractivity (Wildman–Crippen MR) is 84.5 cm³/mol. The van der Waals surface area contributed by atoms with E-state index in [4.69, 9.17) is 23.2 Å². The Morgan fingerprint density at radius 2 is 1.75 bits per heavy atom. The normalized spacial score (nSPS) is 11.5. The van der Waals surface area contributed by atoms with Gasteiger partial charge in [0.05, 0.1) is 18.1 Å². The topological polar surface area (TPSA) is 98.8 Å². The molecule has 1 aromatic carbocycles. The summed E-state index contributed by atoms with van der Waals surface area (Å²) in [6.45, 7) is 3.64. The molecule has 0 saturated heterocycles. The predicted octanol–water partition coefficient (Wildman–Crippen LogP) is 4.16. The maximum Gasteiger partial charge on any atom is 0.374 e. The number of aromatic carboxylic acids is 1. The number of furan rings is 2. The average molecular weight is 327 g/mol. The molecule has 0 spiro atoms. The number of aryl methyl sites for hydroxylation is 2. The van der Waals surface area contributed by atoms with Gasteiger partial charge in [-0.05, 0) is 26.0 Å². The van der Waals surface area contributed by atoms with E-state index in [0.717, 1.165) is 10.8 Å². The maximum absolute atomic E-state index is 11.1. The van der Waals surface area contributed by atoms with E-state index in [2.05, 4.69) is 5.16 Å². The number of nitrogens with zero attached hydrogens (tertiary/aromatic N) is 1. The fourth-order valence-corrected chi connectivity index (χ4v) is 2.93. The number of carboxylic acid groups (broad SMARTS) is 1. The molecule has 0 saturated carbocycles. The highest BCUT2D eigenvalue weighted by molar-refractivity contribution is 6.13. The number of ether oxygens (including phenoxy) is 1. The van der Waals surface area contributed by atoms with Gasteiger partial charge in [0.15, 0.2) is 11.3 Å². The standard InChI is InChI=1S/C17H13NO6/c1-7-4-9-13(11-6-12(17(19)20)24-18-11)14-10(5-8(2)22-14)15(21-3)16(9)23-7/h4-6H,1-3H3,(H,19,20). The minimum Gasteiger partial charge on any atom is -0.492 e. The number of aromatic nitrogens is 1. The lowest BCUT2D eigenvalue weighted by atomic mass is 10.0. The molecule has 3 aromatic heterocycles. The quantitative estimate of drug-likeness (QED) is 0.603. The number of hydrogen-bond acceptors (Lipinski definition) is 6. The summed E-state index contributed by atoms with van der Waals surface area (Å²) in [5.41, 5.74) is 2.07. The monoisotopic (exact) mass is 327 g/mol. The average Bonchev–Trinajstić information content (AvgIpc) is 3.21. The van der Waals surface area contributed by atoms with Crippen LogP contribution < -0.4 is 4.74 Å². The van der Waals surface area contributed by atoms with Crippen LogP contribution in [0, 0.1) is 13.8 Å². The molecule has 0 fully saturated rings. The van der Waals surface area contributed by atoms with Gasteiger partial charge in [0.2, 0.25) is 5.76 Å². The largest absolute Gasteiger partial charge is 0.492 e. The highest BCUT2D eigenvalue weighted by atomic mass is 16.5. The summed E-state index contributed by atoms with van der Waals surface area (Å²) in [5.74, 6) is 0.516. The highest BCUT2D eigenvalue weighted by Gasteiger charge is 2.25. The van der Waals surface area contributed by atoms with Crippen molar-refractivity contribution in [2.24, 2.45) is 0 Å². The van der Waals surface area contributed by atoms with Crippen LogP contribution in [0.15, 0.2) is 31.6 Å². The Hall–Kier alpha value is -3.22. The maximum atomic E-state index is 11.1. The van der Waals surface area contributed by atoms with Crippen LogP contribution in [0.25, 0.3) is 33.2 Å². The van der Waals surface area contributed by atoms with Gasteiger partial charge in [-0.15, -0.1) is 0 Å². The first-order valence-electron chi connectivity index (χ1n) is 7.20. The Bertz CT molecular complexity index is 1040. The van der Waals surface area contributed by atoms with Gasteiger partial charge in [0.25, 0.3) is 0 Å². The molecule has 4 aromatic rings. The zero-order valence-electron chi connectivity index (χ0n) is 13.2. The van der Waals surface area contributed by atoms with Crippen LogP contribution >= 0.6 is 0 Å². The highest BCUT2D eigenvalue weighted by Crippen LogP contribution is 2.45. The third-order valence-corrected chi connectivity index (χ3v) is 3.84. The Morgan fingerprint density at radius 3 is 2.38 bits per heavy atom. The van der Waals surface area contributed by atoms with Crippen molar-refractivity contribution < 1.29 is 28.0 Å². The molecule has 0 unspecified atom stereocenters. The molecule has 7 nitrogen and oxygen atoms in total. The molecular formula is C17H13NO6. The Morgan fingerprint density at radius 1 is 1.08 bits per heavy atom. The van der Waals surface area contributed by atoms with E-state index >= 15 is 0 Å². The Balaban J connectivity index is 2.16. The molecule has 122 valence electrons. The van der Waals surface area contributed by atoms with Crippen LogP contribution in [0.2, 0.25) is 0 Å². The van der Waals surface area contributed by atoms with E-state index in [-0.39, 0.29) is 5.76 Å². The summed E-state index contributed by atoms with van der Waals surface area (Å²) in [5, 5.41) is 14.4. The Labute approximate surface area is 135 Å². The van der Waals surface area contributed by atoms with E-state index < -0.39 is 5.97 Å². The smallest absolute Gasteiger partial charge is 0.374 e. The molecule has 0 aliphatic carbocycles. The van der Waals surface area contributed by atoms with Crippen molar-refractivity contribution >= 4 is 27.9 Å². The first kappa shape index (κ1) is 14.4. The molecule has 3 heterocycles. The third kappa shape index (κ3) is 1.91. The molecule has 0 aliphatic rings. The lowest BCUT2D eigenvalue weighted by Gasteiger charge is -2.06. The second kappa shape index (κ2) is 4.89. The van der Waals surface area contributed by atoms with Crippen molar-refractivity contribution in [3.63, 3.8) is 0 Å². The summed E-state index contributed by atoms with van der Waals surface area (Å²) < 4.78 is 22.0. The number of carboxylic acids is 1. The number of methoxy groups -OCH3 is 1. The summed E-state index contributed by atoms with van der Waals surface area (Å²) in [4.78, 5) is 11.1. The van der Waals surface area contributed by atoms with Crippen molar-refractivity contribution in [1.29, 1.82) is 0 Å². The zero-order chi connectivity index (χ0) is 17.0. The Kier molecular flexibility index (Phi) is 2.93. The summed E-state index contributed by atoms with van der Waals surface area (Å²) in [6.07, 6.45) is 0. The molecule has 0 aliphatic heterocycles. The van der Waals surface area contributed by atoms with E-state index in [1.54, 1.807) is 7.11 Å². The van der Waals surface area contributed by atoms with E-state index in [1.165, 1.54) is 6.07 Å². The van der Waals surface area contributed by atoms with E-state index in [9.17, 15) is 4.79 Å². The number of fused-ring (bicyclic) bond motifs is 2. The second-order valence-electron chi connectivity index (χ2n) is 5.49. The second-order valence-corrected chi connectivity index (χ2v) is 5.49. The van der Waals surface area contributed by atoms with Gasteiger partial charge in [-0.2, -0.15) is 0 Å². The number of hydrogen-bond donors (Lipinski definition) is 1. The number of benzene rings is 1.